The Balaban J connectivity index is 2.06. The normalized spacial score (nSPS) is 13.1. The lowest BCUT2D eigenvalue weighted by atomic mass is 10.1. The van der Waals surface area contributed by atoms with Gasteiger partial charge in [0.1, 0.15) is 5.82 Å². The molecule has 0 fully saturated rings. The van der Waals surface area contributed by atoms with Gasteiger partial charge in [0.05, 0.1) is 5.75 Å². The van der Waals surface area contributed by atoms with Gasteiger partial charge in [0, 0.05) is 11.1 Å². The minimum atomic E-state index is -3.49. The van der Waals surface area contributed by atoms with Crippen molar-refractivity contribution in [2.45, 2.75) is 18.7 Å². The molecular weight excluding hydrogens is 313 g/mol. The Kier molecular flexibility index (Phi) is 4.98. The van der Waals surface area contributed by atoms with Crippen molar-refractivity contribution < 1.29 is 12.8 Å². The number of hydrogen-bond acceptors (Lipinski definition) is 2. The van der Waals surface area contributed by atoms with Crippen molar-refractivity contribution in [2.75, 3.05) is 0 Å². The molecule has 21 heavy (non-hydrogen) atoms. The molecule has 1 N–H and O–H groups in total. The minimum absolute atomic E-state index is 0.129. The van der Waals surface area contributed by atoms with E-state index in [-0.39, 0.29) is 11.6 Å². The van der Waals surface area contributed by atoms with Crippen molar-refractivity contribution in [3.63, 3.8) is 0 Å². The van der Waals surface area contributed by atoms with Gasteiger partial charge in [-0.25, -0.2) is 17.5 Å². The predicted molar refractivity (Wildman–Crippen MR) is 82.0 cm³/mol. The topological polar surface area (TPSA) is 46.2 Å². The molecular formula is C15H15ClFNO2S. The van der Waals surface area contributed by atoms with Gasteiger partial charge in [-0.2, -0.15) is 0 Å². The molecule has 1 unspecified atom stereocenters. The Morgan fingerprint density at radius 3 is 2.24 bits per heavy atom. The van der Waals surface area contributed by atoms with E-state index in [1.165, 1.54) is 12.1 Å². The highest BCUT2D eigenvalue weighted by atomic mass is 35.5. The van der Waals surface area contributed by atoms with Crippen LogP contribution in [0, 0.1) is 5.82 Å². The summed E-state index contributed by atoms with van der Waals surface area (Å²) in [6.07, 6.45) is 0. The van der Waals surface area contributed by atoms with E-state index in [1.54, 1.807) is 43.3 Å². The van der Waals surface area contributed by atoms with E-state index < -0.39 is 16.1 Å². The molecule has 0 heterocycles. The van der Waals surface area contributed by atoms with Crippen molar-refractivity contribution in [3.05, 3.63) is 70.5 Å². The second-order valence-corrected chi connectivity index (χ2v) is 6.97. The third-order valence-corrected chi connectivity index (χ3v) is 4.67. The van der Waals surface area contributed by atoms with Gasteiger partial charge < -0.3 is 0 Å². The van der Waals surface area contributed by atoms with Crippen molar-refractivity contribution in [2.24, 2.45) is 0 Å². The smallest absolute Gasteiger partial charge is 0.212 e. The molecule has 0 saturated carbocycles. The van der Waals surface area contributed by atoms with Crippen LogP contribution in [0.4, 0.5) is 4.39 Å². The largest absolute Gasteiger partial charge is 0.216 e. The number of hydrogen-bond donors (Lipinski definition) is 1. The molecule has 2 aromatic carbocycles. The fraction of sp³-hybridized carbons (Fsp3) is 0.200. The highest BCUT2D eigenvalue weighted by molar-refractivity contribution is 7.88. The van der Waals surface area contributed by atoms with Crippen molar-refractivity contribution in [1.82, 2.24) is 4.72 Å². The highest BCUT2D eigenvalue weighted by Gasteiger charge is 2.16. The summed E-state index contributed by atoms with van der Waals surface area (Å²) in [7, 11) is -3.49. The van der Waals surface area contributed by atoms with Crippen LogP contribution in [0.2, 0.25) is 5.02 Å². The van der Waals surface area contributed by atoms with Gasteiger partial charge in [0.15, 0.2) is 0 Å². The lowest BCUT2D eigenvalue weighted by Gasteiger charge is -2.14. The Hall–Kier alpha value is -1.43. The van der Waals surface area contributed by atoms with Gasteiger partial charge >= 0.3 is 0 Å². The van der Waals surface area contributed by atoms with E-state index >= 15 is 0 Å². The fourth-order valence-corrected chi connectivity index (χ4v) is 3.45. The average molecular weight is 328 g/mol. The van der Waals surface area contributed by atoms with E-state index in [1.807, 2.05) is 0 Å². The Bertz CT molecular complexity index is 699. The molecule has 0 amide bonds. The lowest BCUT2D eigenvalue weighted by molar-refractivity contribution is 0.565. The number of rotatable bonds is 5. The van der Waals surface area contributed by atoms with Crippen LogP contribution in [0.3, 0.4) is 0 Å². The predicted octanol–water partition coefficient (Wildman–Crippen LogP) is 3.66. The van der Waals surface area contributed by atoms with E-state index in [0.717, 1.165) is 0 Å². The summed E-state index contributed by atoms with van der Waals surface area (Å²) in [4.78, 5) is 0. The zero-order chi connectivity index (χ0) is 15.5. The first-order valence-corrected chi connectivity index (χ1v) is 8.39. The Morgan fingerprint density at radius 2 is 1.67 bits per heavy atom. The molecule has 0 bridgehead atoms. The van der Waals surface area contributed by atoms with Crippen molar-refractivity contribution >= 4 is 21.6 Å². The highest BCUT2D eigenvalue weighted by Crippen LogP contribution is 2.16. The van der Waals surface area contributed by atoms with Crippen LogP contribution in [0.25, 0.3) is 0 Å². The zero-order valence-corrected chi connectivity index (χ0v) is 13.0. The minimum Gasteiger partial charge on any atom is -0.212 e. The Labute approximate surface area is 128 Å². The molecule has 112 valence electrons. The van der Waals surface area contributed by atoms with Gasteiger partial charge in [0.25, 0.3) is 0 Å². The molecule has 0 aromatic heterocycles. The maximum absolute atomic E-state index is 12.9. The quantitative estimate of drug-likeness (QED) is 0.911. The molecule has 6 heteroatoms. The monoisotopic (exact) mass is 327 g/mol. The summed E-state index contributed by atoms with van der Waals surface area (Å²) in [6.45, 7) is 1.71. The second-order valence-electron chi connectivity index (χ2n) is 4.78. The van der Waals surface area contributed by atoms with E-state index in [9.17, 15) is 12.8 Å². The standard InChI is InChI=1S/C15H15ClFNO2S/c1-11(13-4-8-15(17)9-5-13)18-21(19,20)10-12-2-6-14(16)7-3-12/h2-9,11,18H,10H2,1H3. The van der Waals surface area contributed by atoms with Gasteiger partial charge in [-0.05, 0) is 42.3 Å². The van der Waals surface area contributed by atoms with Crippen LogP contribution in [0.5, 0.6) is 0 Å². The molecule has 3 nitrogen and oxygen atoms in total. The first kappa shape index (κ1) is 15.9. The number of sulfonamides is 1. The lowest BCUT2D eigenvalue weighted by Crippen LogP contribution is -2.28. The van der Waals surface area contributed by atoms with Gasteiger partial charge in [0.2, 0.25) is 10.0 Å². The summed E-state index contributed by atoms with van der Waals surface area (Å²) in [5.41, 5.74) is 1.36. The summed E-state index contributed by atoms with van der Waals surface area (Å²) in [5, 5.41) is 0.559. The van der Waals surface area contributed by atoms with Crippen LogP contribution in [0.1, 0.15) is 24.1 Å². The van der Waals surface area contributed by atoms with Gasteiger partial charge in [-0.15, -0.1) is 0 Å². The van der Waals surface area contributed by atoms with E-state index in [2.05, 4.69) is 4.72 Å². The van der Waals surface area contributed by atoms with Crippen LogP contribution in [0.15, 0.2) is 48.5 Å². The van der Waals surface area contributed by atoms with Crippen LogP contribution >= 0.6 is 11.6 Å². The first-order chi connectivity index (χ1) is 9.85. The number of halogens is 2. The van der Waals surface area contributed by atoms with Crippen molar-refractivity contribution in [3.8, 4) is 0 Å². The van der Waals surface area contributed by atoms with Gasteiger partial charge in [-0.3, -0.25) is 0 Å². The number of nitrogens with one attached hydrogen (secondary N) is 1. The SMILES string of the molecule is CC(NS(=O)(=O)Cc1ccc(Cl)cc1)c1ccc(F)cc1. The van der Waals surface area contributed by atoms with E-state index in [0.29, 0.717) is 16.1 Å². The average Bonchev–Trinajstić information content (AvgIpc) is 2.41. The summed E-state index contributed by atoms with van der Waals surface area (Å²) in [6, 6.07) is 11.9. The maximum atomic E-state index is 12.9. The summed E-state index contributed by atoms with van der Waals surface area (Å²) in [5.74, 6) is -0.481. The molecule has 2 rings (SSSR count). The van der Waals surface area contributed by atoms with Crippen LogP contribution in [-0.4, -0.2) is 8.42 Å². The molecule has 0 aliphatic carbocycles. The van der Waals surface area contributed by atoms with Crippen LogP contribution in [-0.2, 0) is 15.8 Å². The number of benzene rings is 2. The third-order valence-electron chi connectivity index (χ3n) is 3.00. The summed E-state index contributed by atoms with van der Waals surface area (Å²) < 4.78 is 39.7. The molecule has 0 aliphatic heterocycles. The van der Waals surface area contributed by atoms with Crippen molar-refractivity contribution in [1.29, 1.82) is 0 Å². The third kappa shape index (κ3) is 4.81. The maximum Gasteiger partial charge on any atom is 0.216 e. The Morgan fingerprint density at radius 1 is 1.10 bits per heavy atom. The first-order valence-electron chi connectivity index (χ1n) is 6.36. The van der Waals surface area contributed by atoms with E-state index in [4.69, 9.17) is 11.6 Å². The van der Waals surface area contributed by atoms with Gasteiger partial charge in [-0.1, -0.05) is 35.9 Å². The second kappa shape index (κ2) is 6.56. The molecule has 2 aromatic rings. The fourth-order valence-electron chi connectivity index (χ4n) is 1.93. The molecule has 1 atom stereocenters. The zero-order valence-electron chi connectivity index (χ0n) is 11.4. The molecule has 0 spiro atoms. The molecule has 0 aliphatic rings. The molecule has 0 saturated heterocycles. The molecule has 0 radical (unpaired) electrons. The van der Waals surface area contributed by atoms with Crippen LogP contribution < -0.4 is 4.72 Å². The summed E-state index contributed by atoms with van der Waals surface area (Å²) >= 11 is 5.76.